The molecule has 4 nitrogen and oxygen atoms in total. The smallest absolute Gasteiger partial charge is 0.319 e. The molecule has 1 aromatic rings. The Morgan fingerprint density at radius 2 is 1.84 bits per heavy atom. The SMILES string of the molecule is COc1c(C)c(C)c(Br)c(C)c1C1(C(=O)O)COC1. The van der Waals surface area contributed by atoms with E-state index in [1.165, 1.54) is 0 Å². The Morgan fingerprint density at radius 1 is 1.26 bits per heavy atom. The number of halogens is 1. The molecule has 2 rings (SSSR count). The minimum absolute atomic E-state index is 0.189. The topological polar surface area (TPSA) is 55.8 Å². The van der Waals surface area contributed by atoms with Crippen LogP contribution in [0.15, 0.2) is 4.47 Å². The summed E-state index contributed by atoms with van der Waals surface area (Å²) in [4.78, 5) is 11.7. The zero-order valence-electron chi connectivity index (χ0n) is 11.5. The van der Waals surface area contributed by atoms with E-state index in [2.05, 4.69) is 15.9 Å². The number of carboxylic acid groups (broad SMARTS) is 1. The molecular formula is C14H17BrO4. The molecule has 0 spiro atoms. The first-order valence-electron chi connectivity index (χ1n) is 6.01. The summed E-state index contributed by atoms with van der Waals surface area (Å²) >= 11 is 3.55. The summed E-state index contributed by atoms with van der Waals surface area (Å²) in [6.07, 6.45) is 0. The van der Waals surface area contributed by atoms with Crippen LogP contribution in [0.5, 0.6) is 5.75 Å². The molecule has 1 aromatic carbocycles. The molecule has 1 N–H and O–H groups in total. The van der Waals surface area contributed by atoms with Crippen LogP contribution < -0.4 is 4.74 Å². The molecule has 0 bridgehead atoms. The standard InChI is InChI=1S/C14H17BrO4/c1-7-8(2)12(18-4)10(9(3)11(7)15)14(13(16)17)5-19-6-14/h5-6H2,1-4H3,(H,16,17). The van der Waals surface area contributed by atoms with E-state index in [0.717, 1.165) is 26.7 Å². The van der Waals surface area contributed by atoms with Gasteiger partial charge >= 0.3 is 5.97 Å². The van der Waals surface area contributed by atoms with Crippen molar-refractivity contribution in [1.29, 1.82) is 0 Å². The van der Waals surface area contributed by atoms with Crippen molar-refractivity contribution < 1.29 is 19.4 Å². The summed E-state index contributed by atoms with van der Waals surface area (Å²) in [5, 5.41) is 9.58. The molecule has 1 saturated heterocycles. The Labute approximate surface area is 120 Å². The van der Waals surface area contributed by atoms with Crippen molar-refractivity contribution in [1.82, 2.24) is 0 Å². The van der Waals surface area contributed by atoms with Gasteiger partial charge in [-0.1, -0.05) is 15.9 Å². The molecule has 0 radical (unpaired) electrons. The molecule has 1 aliphatic rings. The molecule has 1 heterocycles. The second kappa shape index (κ2) is 4.80. The summed E-state index contributed by atoms with van der Waals surface area (Å²) in [5.74, 6) is -0.209. The normalized spacial score (nSPS) is 16.9. The lowest BCUT2D eigenvalue weighted by atomic mass is 9.75. The highest BCUT2D eigenvalue weighted by Gasteiger charge is 2.51. The molecule has 19 heavy (non-hydrogen) atoms. The number of carboxylic acids is 1. The molecule has 0 amide bonds. The van der Waals surface area contributed by atoms with E-state index >= 15 is 0 Å². The molecule has 1 fully saturated rings. The monoisotopic (exact) mass is 328 g/mol. The van der Waals surface area contributed by atoms with Gasteiger partial charge < -0.3 is 14.6 Å². The summed E-state index contributed by atoms with van der Waals surface area (Å²) in [6.45, 7) is 6.22. The van der Waals surface area contributed by atoms with Crippen molar-refractivity contribution in [3.8, 4) is 5.75 Å². The van der Waals surface area contributed by atoms with Gasteiger partial charge in [-0.15, -0.1) is 0 Å². The zero-order valence-corrected chi connectivity index (χ0v) is 13.1. The van der Waals surface area contributed by atoms with Crippen LogP contribution in [0.2, 0.25) is 0 Å². The summed E-state index contributed by atoms with van der Waals surface area (Å²) in [5.41, 5.74) is 2.67. The van der Waals surface area contributed by atoms with Gasteiger partial charge in [0.2, 0.25) is 0 Å². The fourth-order valence-corrected chi connectivity index (χ4v) is 3.09. The highest BCUT2D eigenvalue weighted by Crippen LogP contribution is 2.45. The second-order valence-corrected chi connectivity index (χ2v) is 5.77. The molecule has 0 saturated carbocycles. The van der Waals surface area contributed by atoms with Gasteiger partial charge in [0, 0.05) is 10.0 Å². The predicted octanol–water partition coefficient (Wildman–Crippen LogP) is 2.74. The first-order chi connectivity index (χ1) is 8.86. The third-order valence-corrected chi connectivity index (χ3v) is 5.14. The van der Waals surface area contributed by atoms with Gasteiger partial charge in [0.15, 0.2) is 0 Å². The average molecular weight is 329 g/mol. The highest BCUT2D eigenvalue weighted by molar-refractivity contribution is 9.10. The summed E-state index contributed by atoms with van der Waals surface area (Å²) < 4.78 is 11.6. The quantitative estimate of drug-likeness (QED) is 0.926. The first kappa shape index (κ1) is 14.3. The van der Waals surface area contributed by atoms with Crippen molar-refractivity contribution in [2.24, 2.45) is 0 Å². The number of benzene rings is 1. The minimum atomic E-state index is -0.990. The number of carbonyl (C=O) groups is 1. The van der Waals surface area contributed by atoms with Crippen LogP contribution in [0.4, 0.5) is 0 Å². The van der Waals surface area contributed by atoms with Crippen molar-refractivity contribution in [2.45, 2.75) is 26.2 Å². The van der Waals surface area contributed by atoms with E-state index in [1.54, 1.807) is 7.11 Å². The largest absolute Gasteiger partial charge is 0.496 e. The van der Waals surface area contributed by atoms with Crippen LogP contribution >= 0.6 is 15.9 Å². The van der Waals surface area contributed by atoms with E-state index in [0.29, 0.717) is 5.75 Å². The molecule has 5 heteroatoms. The van der Waals surface area contributed by atoms with Gasteiger partial charge in [0.1, 0.15) is 11.2 Å². The summed E-state index contributed by atoms with van der Waals surface area (Å²) in [7, 11) is 1.58. The van der Waals surface area contributed by atoms with Crippen molar-refractivity contribution >= 4 is 21.9 Å². The van der Waals surface area contributed by atoms with E-state index in [4.69, 9.17) is 9.47 Å². The highest BCUT2D eigenvalue weighted by atomic mass is 79.9. The predicted molar refractivity (Wildman–Crippen MR) is 75.0 cm³/mol. The molecular weight excluding hydrogens is 312 g/mol. The van der Waals surface area contributed by atoms with E-state index in [1.807, 2.05) is 20.8 Å². The van der Waals surface area contributed by atoms with Crippen LogP contribution in [0.1, 0.15) is 22.3 Å². The fraction of sp³-hybridized carbons (Fsp3) is 0.500. The molecule has 0 unspecified atom stereocenters. The number of aliphatic carboxylic acids is 1. The van der Waals surface area contributed by atoms with Crippen molar-refractivity contribution in [2.75, 3.05) is 20.3 Å². The van der Waals surface area contributed by atoms with E-state index in [-0.39, 0.29) is 13.2 Å². The van der Waals surface area contributed by atoms with Crippen LogP contribution in [0.3, 0.4) is 0 Å². The molecule has 104 valence electrons. The van der Waals surface area contributed by atoms with Crippen LogP contribution in [0, 0.1) is 20.8 Å². The van der Waals surface area contributed by atoms with Crippen LogP contribution in [-0.4, -0.2) is 31.4 Å². The Bertz CT molecular complexity index is 547. The summed E-state index contributed by atoms with van der Waals surface area (Å²) in [6, 6.07) is 0. The lowest BCUT2D eigenvalue weighted by Gasteiger charge is -2.40. The second-order valence-electron chi connectivity index (χ2n) is 4.98. The molecule has 1 aliphatic heterocycles. The lowest BCUT2D eigenvalue weighted by molar-refractivity contribution is -0.163. The van der Waals surface area contributed by atoms with Gasteiger partial charge in [-0.25, -0.2) is 0 Å². The third kappa shape index (κ3) is 1.87. The Hall–Kier alpha value is -1.07. The van der Waals surface area contributed by atoms with Crippen molar-refractivity contribution in [3.05, 3.63) is 26.7 Å². The van der Waals surface area contributed by atoms with Gasteiger partial charge in [0.05, 0.1) is 20.3 Å². The van der Waals surface area contributed by atoms with Crippen LogP contribution in [0.25, 0.3) is 0 Å². The third-order valence-electron chi connectivity index (χ3n) is 3.95. The van der Waals surface area contributed by atoms with Gasteiger partial charge in [0.25, 0.3) is 0 Å². The number of ether oxygens (including phenoxy) is 2. The van der Waals surface area contributed by atoms with Crippen molar-refractivity contribution in [3.63, 3.8) is 0 Å². The van der Waals surface area contributed by atoms with Gasteiger partial charge in [-0.2, -0.15) is 0 Å². The number of methoxy groups -OCH3 is 1. The molecule has 0 aliphatic carbocycles. The van der Waals surface area contributed by atoms with E-state index in [9.17, 15) is 9.90 Å². The Morgan fingerprint density at radius 3 is 2.21 bits per heavy atom. The Kier molecular flexibility index (Phi) is 3.62. The minimum Gasteiger partial charge on any atom is -0.496 e. The molecule has 0 aromatic heterocycles. The van der Waals surface area contributed by atoms with E-state index < -0.39 is 11.4 Å². The maximum absolute atomic E-state index is 11.7. The lowest BCUT2D eigenvalue weighted by Crippen LogP contribution is -2.53. The average Bonchev–Trinajstić information content (AvgIpc) is 2.31. The first-order valence-corrected chi connectivity index (χ1v) is 6.81. The van der Waals surface area contributed by atoms with Gasteiger partial charge in [-0.3, -0.25) is 4.79 Å². The molecule has 0 atom stereocenters. The fourth-order valence-electron chi connectivity index (χ4n) is 2.60. The number of hydrogen-bond acceptors (Lipinski definition) is 3. The zero-order chi connectivity index (χ0) is 14.4. The number of rotatable bonds is 3. The van der Waals surface area contributed by atoms with Gasteiger partial charge in [-0.05, 0) is 37.5 Å². The Balaban J connectivity index is 2.79. The maximum atomic E-state index is 11.7. The van der Waals surface area contributed by atoms with Crippen LogP contribution in [-0.2, 0) is 14.9 Å². The maximum Gasteiger partial charge on any atom is 0.319 e. The number of hydrogen-bond donors (Lipinski definition) is 1.